The van der Waals surface area contributed by atoms with Crippen LogP contribution in [0.5, 0.6) is 5.75 Å². The molecule has 0 unspecified atom stereocenters. The zero-order valence-electron chi connectivity index (χ0n) is 11.8. The quantitative estimate of drug-likeness (QED) is 0.656. The zero-order chi connectivity index (χ0) is 14.4. The smallest absolute Gasteiger partial charge is 0.251 e. The summed E-state index contributed by atoms with van der Waals surface area (Å²) >= 11 is 0. The summed E-state index contributed by atoms with van der Waals surface area (Å²) in [5.74, 6) is 0.429. The van der Waals surface area contributed by atoms with Crippen molar-refractivity contribution in [3.63, 3.8) is 0 Å². The lowest BCUT2D eigenvalue weighted by Crippen LogP contribution is -2.46. The van der Waals surface area contributed by atoms with E-state index < -0.39 is 0 Å². The summed E-state index contributed by atoms with van der Waals surface area (Å²) < 4.78 is 5.12. The third-order valence-corrected chi connectivity index (χ3v) is 3.42. The maximum atomic E-state index is 12.0. The van der Waals surface area contributed by atoms with E-state index in [2.05, 4.69) is 15.5 Å². The van der Waals surface area contributed by atoms with E-state index in [9.17, 15) is 4.79 Å². The van der Waals surface area contributed by atoms with E-state index >= 15 is 0 Å². The summed E-state index contributed by atoms with van der Waals surface area (Å²) in [4.78, 5) is 14.4. The highest BCUT2D eigenvalue weighted by atomic mass is 16.5. The van der Waals surface area contributed by atoms with Crippen molar-refractivity contribution < 1.29 is 9.53 Å². The molecule has 1 aliphatic heterocycles. The number of hydrogen-bond donors (Lipinski definition) is 3. The number of carbonyl (C=O) groups is 1. The largest absolute Gasteiger partial charge is 0.495 e. The van der Waals surface area contributed by atoms with E-state index in [0.29, 0.717) is 23.5 Å². The summed E-state index contributed by atoms with van der Waals surface area (Å²) in [5, 5.41) is 6.22. The van der Waals surface area contributed by atoms with Gasteiger partial charge in [-0.2, -0.15) is 0 Å². The van der Waals surface area contributed by atoms with Crippen molar-refractivity contribution in [2.75, 3.05) is 52.1 Å². The number of rotatable bonds is 5. The van der Waals surface area contributed by atoms with Crippen LogP contribution in [0, 0.1) is 0 Å². The Hall–Kier alpha value is -1.79. The Morgan fingerprint density at radius 3 is 2.90 bits per heavy atom. The second kappa shape index (κ2) is 7.12. The molecule has 1 fully saturated rings. The maximum Gasteiger partial charge on any atom is 0.251 e. The van der Waals surface area contributed by atoms with Crippen LogP contribution < -0.4 is 21.1 Å². The first-order chi connectivity index (χ1) is 9.70. The first kappa shape index (κ1) is 14.6. The second-order valence-corrected chi connectivity index (χ2v) is 4.80. The van der Waals surface area contributed by atoms with E-state index in [1.807, 2.05) is 0 Å². The fourth-order valence-electron chi connectivity index (χ4n) is 2.22. The van der Waals surface area contributed by atoms with Gasteiger partial charge >= 0.3 is 0 Å². The number of hydrogen-bond acceptors (Lipinski definition) is 5. The highest BCUT2D eigenvalue weighted by Crippen LogP contribution is 2.21. The first-order valence-electron chi connectivity index (χ1n) is 6.85. The predicted molar refractivity (Wildman–Crippen MR) is 79.0 cm³/mol. The Balaban J connectivity index is 1.82. The number of piperazine rings is 1. The molecule has 0 saturated carbocycles. The Morgan fingerprint density at radius 2 is 2.20 bits per heavy atom. The van der Waals surface area contributed by atoms with Crippen molar-refractivity contribution in [1.29, 1.82) is 0 Å². The summed E-state index contributed by atoms with van der Waals surface area (Å²) in [6.45, 7) is 5.62. The molecule has 0 bridgehead atoms. The SMILES string of the molecule is COc1cc(C(=O)NCCN2CCNCC2)ccc1N. The lowest BCUT2D eigenvalue weighted by Gasteiger charge is -2.27. The number of ether oxygens (including phenoxy) is 1. The average molecular weight is 278 g/mol. The third-order valence-electron chi connectivity index (χ3n) is 3.42. The number of nitrogens with zero attached hydrogens (tertiary/aromatic N) is 1. The Bertz CT molecular complexity index is 458. The number of benzene rings is 1. The molecule has 1 saturated heterocycles. The normalized spacial score (nSPS) is 15.8. The highest BCUT2D eigenvalue weighted by Gasteiger charge is 2.11. The molecule has 20 heavy (non-hydrogen) atoms. The van der Waals surface area contributed by atoms with Gasteiger partial charge in [-0.3, -0.25) is 9.69 Å². The minimum atomic E-state index is -0.0987. The minimum Gasteiger partial charge on any atom is -0.495 e. The van der Waals surface area contributed by atoms with Crippen molar-refractivity contribution >= 4 is 11.6 Å². The lowest BCUT2D eigenvalue weighted by molar-refractivity contribution is 0.0947. The van der Waals surface area contributed by atoms with Crippen molar-refractivity contribution in [2.24, 2.45) is 0 Å². The van der Waals surface area contributed by atoms with Gasteiger partial charge in [-0.15, -0.1) is 0 Å². The minimum absolute atomic E-state index is 0.0987. The van der Waals surface area contributed by atoms with Gasteiger partial charge in [0.05, 0.1) is 12.8 Å². The molecular formula is C14H22N4O2. The summed E-state index contributed by atoms with van der Waals surface area (Å²) in [6, 6.07) is 5.05. The fourth-order valence-corrected chi connectivity index (χ4v) is 2.22. The van der Waals surface area contributed by atoms with Gasteiger partial charge in [-0.05, 0) is 18.2 Å². The monoisotopic (exact) mass is 278 g/mol. The number of nitrogens with one attached hydrogen (secondary N) is 2. The summed E-state index contributed by atoms with van der Waals surface area (Å²) in [7, 11) is 1.54. The molecule has 1 aromatic carbocycles. The van der Waals surface area contributed by atoms with Crippen molar-refractivity contribution in [3.8, 4) is 5.75 Å². The molecule has 4 N–H and O–H groups in total. The molecule has 1 aromatic rings. The van der Waals surface area contributed by atoms with E-state index in [1.165, 1.54) is 7.11 Å². The molecule has 1 aliphatic rings. The van der Waals surface area contributed by atoms with Crippen molar-refractivity contribution in [1.82, 2.24) is 15.5 Å². The predicted octanol–water partition coefficient (Wildman–Crippen LogP) is -0.0876. The summed E-state index contributed by atoms with van der Waals surface area (Å²) in [5.41, 5.74) is 6.83. The zero-order valence-corrected chi connectivity index (χ0v) is 11.8. The van der Waals surface area contributed by atoms with Gasteiger partial charge in [0.1, 0.15) is 5.75 Å². The number of nitrogens with two attached hydrogens (primary N) is 1. The van der Waals surface area contributed by atoms with Crippen LogP contribution in [0.15, 0.2) is 18.2 Å². The van der Waals surface area contributed by atoms with Gasteiger partial charge in [0.2, 0.25) is 0 Å². The van der Waals surface area contributed by atoms with Gasteiger partial charge in [-0.1, -0.05) is 0 Å². The Kier molecular flexibility index (Phi) is 5.20. The number of carbonyl (C=O) groups excluding carboxylic acids is 1. The molecule has 1 heterocycles. The molecule has 0 radical (unpaired) electrons. The molecule has 0 atom stereocenters. The standard InChI is InChI=1S/C14H22N4O2/c1-20-13-10-11(2-3-12(13)15)14(19)17-6-9-18-7-4-16-5-8-18/h2-3,10,16H,4-9,15H2,1H3,(H,17,19). The van der Waals surface area contributed by atoms with Crippen LogP contribution in [0.2, 0.25) is 0 Å². The van der Waals surface area contributed by atoms with Gasteiger partial charge in [-0.25, -0.2) is 0 Å². The van der Waals surface area contributed by atoms with E-state index in [0.717, 1.165) is 32.7 Å². The van der Waals surface area contributed by atoms with Crippen LogP contribution in [0.25, 0.3) is 0 Å². The molecule has 1 amide bonds. The molecule has 6 heteroatoms. The van der Waals surface area contributed by atoms with Crippen LogP contribution >= 0.6 is 0 Å². The fraction of sp³-hybridized carbons (Fsp3) is 0.500. The van der Waals surface area contributed by atoms with Crippen LogP contribution in [0.3, 0.4) is 0 Å². The average Bonchev–Trinajstić information content (AvgIpc) is 2.48. The van der Waals surface area contributed by atoms with Crippen LogP contribution in [-0.2, 0) is 0 Å². The molecule has 0 aromatic heterocycles. The number of amides is 1. The number of methoxy groups -OCH3 is 1. The van der Waals surface area contributed by atoms with Gasteiger partial charge in [0, 0.05) is 44.8 Å². The molecular weight excluding hydrogens is 256 g/mol. The molecule has 0 aliphatic carbocycles. The lowest BCUT2D eigenvalue weighted by atomic mass is 10.2. The van der Waals surface area contributed by atoms with Crippen molar-refractivity contribution in [2.45, 2.75) is 0 Å². The van der Waals surface area contributed by atoms with Gasteiger partial charge in [0.15, 0.2) is 0 Å². The van der Waals surface area contributed by atoms with Crippen molar-refractivity contribution in [3.05, 3.63) is 23.8 Å². The third kappa shape index (κ3) is 3.85. The van der Waals surface area contributed by atoms with E-state index in [4.69, 9.17) is 10.5 Å². The Morgan fingerprint density at radius 1 is 1.45 bits per heavy atom. The second-order valence-electron chi connectivity index (χ2n) is 4.80. The number of nitrogen functional groups attached to an aromatic ring is 1. The Labute approximate surface area is 119 Å². The van der Waals surface area contributed by atoms with E-state index in [1.54, 1.807) is 18.2 Å². The van der Waals surface area contributed by atoms with Gasteiger partial charge < -0.3 is 21.1 Å². The highest BCUT2D eigenvalue weighted by molar-refractivity contribution is 5.95. The first-order valence-corrected chi connectivity index (χ1v) is 6.85. The maximum absolute atomic E-state index is 12.0. The molecule has 110 valence electrons. The number of anilines is 1. The summed E-state index contributed by atoms with van der Waals surface area (Å²) in [6.07, 6.45) is 0. The molecule has 6 nitrogen and oxygen atoms in total. The van der Waals surface area contributed by atoms with Crippen LogP contribution in [-0.4, -0.2) is 57.2 Å². The van der Waals surface area contributed by atoms with Crippen LogP contribution in [0.4, 0.5) is 5.69 Å². The topological polar surface area (TPSA) is 79.6 Å². The van der Waals surface area contributed by atoms with Crippen LogP contribution in [0.1, 0.15) is 10.4 Å². The molecule has 2 rings (SSSR count). The van der Waals surface area contributed by atoms with E-state index in [-0.39, 0.29) is 5.91 Å². The molecule has 0 spiro atoms. The van der Waals surface area contributed by atoms with Gasteiger partial charge in [0.25, 0.3) is 5.91 Å².